The Morgan fingerprint density at radius 1 is 1.18 bits per heavy atom. The van der Waals surface area contributed by atoms with E-state index in [1.807, 2.05) is 55.5 Å². The van der Waals surface area contributed by atoms with E-state index in [0.717, 1.165) is 15.6 Å². The molecule has 0 aliphatic carbocycles. The summed E-state index contributed by atoms with van der Waals surface area (Å²) < 4.78 is 0.977. The third-order valence-corrected chi connectivity index (χ3v) is 6.03. The van der Waals surface area contributed by atoms with Crippen molar-refractivity contribution in [2.24, 2.45) is 0 Å². The van der Waals surface area contributed by atoms with Gasteiger partial charge < -0.3 is 10.3 Å². The number of hydrogen-bond acceptors (Lipinski definition) is 4. The first kappa shape index (κ1) is 20.4. The van der Waals surface area contributed by atoms with Crippen LogP contribution in [-0.4, -0.2) is 15.9 Å². The molecule has 0 radical (unpaired) electrons. The summed E-state index contributed by atoms with van der Waals surface area (Å²) in [6.07, 6.45) is -0.0209. The molecule has 2 aromatic carbocycles. The van der Waals surface area contributed by atoms with E-state index in [1.165, 1.54) is 11.8 Å². The molecular formula is C21H20BrN3O2S. The molecule has 0 spiro atoms. The largest absolute Gasteiger partial charge is 0.326 e. The van der Waals surface area contributed by atoms with Crippen LogP contribution >= 0.6 is 27.7 Å². The number of rotatable bonds is 6. The Bertz CT molecular complexity index is 1050. The number of benzene rings is 2. The molecule has 3 aromatic rings. The highest BCUT2D eigenvalue weighted by atomic mass is 79.9. The molecule has 0 saturated carbocycles. The van der Waals surface area contributed by atoms with Gasteiger partial charge in [-0.3, -0.25) is 9.59 Å². The van der Waals surface area contributed by atoms with Crippen LogP contribution in [-0.2, 0) is 17.0 Å². The average molecular weight is 458 g/mol. The molecule has 2 N–H and O–H groups in total. The zero-order valence-corrected chi connectivity index (χ0v) is 18.0. The first-order valence-corrected chi connectivity index (χ1v) is 10.5. The zero-order chi connectivity index (χ0) is 20.1. The molecule has 0 atom stereocenters. The van der Waals surface area contributed by atoms with Crippen LogP contribution in [0, 0.1) is 13.8 Å². The average Bonchev–Trinajstić information content (AvgIpc) is 2.67. The van der Waals surface area contributed by atoms with E-state index < -0.39 is 0 Å². The van der Waals surface area contributed by atoms with Gasteiger partial charge in [0.05, 0.1) is 6.42 Å². The van der Waals surface area contributed by atoms with E-state index in [-0.39, 0.29) is 17.9 Å². The molecule has 1 aromatic heterocycles. The molecular weight excluding hydrogens is 438 g/mol. The van der Waals surface area contributed by atoms with Gasteiger partial charge in [-0.2, -0.15) is 0 Å². The van der Waals surface area contributed by atoms with Crippen LogP contribution < -0.4 is 10.9 Å². The molecule has 0 bridgehead atoms. The fourth-order valence-electron chi connectivity index (χ4n) is 2.68. The van der Waals surface area contributed by atoms with E-state index in [1.54, 1.807) is 6.92 Å². The van der Waals surface area contributed by atoms with E-state index in [4.69, 9.17) is 0 Å². The van der Waals surface area contributed by atoms with Gasteiger partial charge in [0.25, 0.3) is 5.56 Å². The van der Waals surface area contributed by atoms with Crippen LogP contribution in [0.25, 0.3) is 0 Å². The van der Waals surface area contributed by atoms with Gasteiger partial charge in [-0.1, -0.05) is 58.0 Å². The quantitative estimate of drug-likeness (QED) is 0.418. The smallest absolute Gasteiger partial charge is 0.255 e. The number of nitrogens with one attached hydrogen (secondary N) is 2. The number of thioether (sulfide) groups is 1. The fourth-order valence-corrected chi connectivity index (χ4v) is 3.78. The molecule has 1 heterocycles. The second kappa shape index (κ2) is 9.21. The summed E-state index contributed by atoms with van der Waals surface area (Å²) in [5.74, 6) is 0.466. The Morgan fingerprint density at radius 2 is 1.93 bits per heavy atom. The number of carbonyl (C=O) groups excluding carboxylic acids is 1. The maximum absolute atomic E-state index is 12.5. The second-order valence-electron chi connectivity index (χ2n) is 6.40. The normalized spacial score (nSPS) is 10.7. The van der Waals surface area contributed by atoms with Crippen LogP contribution in [0.4, 0.5) is 5.69 Å². The predicted molar refractivity (Wildman–Crippen MR) is 117 cm³/mol. The van der Waals surface area contributed by atoms with Gasteiger partial charge in [0, 0.05) is 27.2 Å². The molecule has 0 fully saturated rings. The molecule has 3 rings (SSSR count). The molecule has 5 nitrogen and oxygen atoms in total. The minimum absolute atomic E-state index is 0.0209. The van der Waals surface area contributed by atoms with Gasteiger partial charge in [0.15, 0.2) is 5.16 Å². The van der Waals surface area contributed by atoms with Crippen molar-refractivity contribution in [3.05, 3.63) is 85.7 Å². The van der Waals surface area contributed by atoms with E-state index in [2.05, 4.69) is 31.2 Å². The van der Waals surface area contributed by atoms with Gasteiger partial charge in [0.1, 0.15) is 0 Å². The third-order valence-electron chi connectivity index (χ3n) is 4.20. The number of H-pyrrole nitrogens is 1. The van der Waals surface area contributed by atoms with Crippen molar-refractivity contribution in [2.45, 2.75) is 31.2 Å². The van der Waals surface area contributed by atoms with Gasteiger partial charge in [-0.15, -0.1) is 0 Å². The number of halogens is 1. The highest BCUT2D eigenvalue weighted by Crippen LogP contribution is 2.21. The summed E-state index contributed by atoms with van der Waals surface area (Å²) in [5.41, 5.74) is 3.55. The fraction of sp³-hybridized carbons (Fsp3) is 0.190. The summed E-state index contributed by atoms with van der Waals surface area (Å²) in [6.45, 7) is 3.71. The topological polar surface area (TPSA) is 74.8 Å². The second-order valence-corrected chi connectivity index (χ2v) is 8.22. The number of aryl methyl sites for hydroxylation is 2. The molecule has 0 unspecified atom stereocenters. The van der Waals surface area contributed by atoms with Crippen molar-refractivity contribution in [1.29, 1.82) is 0 Å². The van der Waals surface area contributed by atoms with Gasteiger partial charge in [-0.05, 0) is 43.2 Å². The Labute approximate surface area is 176 Å². The van der Waals surface area contributed by atoms with Crippen molar-refractivity contribution < 1.29 is 4.79 Å². The Kier molecular flexibility index (Phi) is 6.70. The van der Waals surface area contributed by atoms with Crippen LogP contribution in [0.15, 0.2) is 63.0 Å². The summed E-state index contributed by atoms with van der Waals surface area (Å²) >= 11 is 4.90. The van der Waals surface area contributed by atoms with Crippen molar-refractivity contribution in [3.63, 3.8) is 0 Å². The standard InChI is InChI=1S/C21H20BrN3O2S/c1-13-10-16(8-9-18(13)22)24-19(26)11-17-14(2)23-21(25-20(17)27)28-12-15-6-4-3-5-7-15/h3-10H,11-12H2,1-2H3,(H,24,26)(H,23,25,27). The highest BCUT2D eigenvalue weighted by molar-refractivity contribution is 9.10. The summed E-state index contributed by atoms with van der Waals surface area (Å²) in [6, 6.07) is 15.5. The Balaban J connectivity index is 1.67. The number of aromatic amines is 1. The molecule has 0 saturated heterocycles. The Morgan fingerprint density at radius 3 is 2.61 bits per heavy atom. The van der Waals surface area contributed by atoms with Crippen molar-refractivity contribution >= 4 is 39.3 Å². The van der Waals surface area contributed by atoms with Crippen molar-refractivity contribution in [2.75, 3.05) is 5.32 Å². The molecule has 28 heavy (non-hydrogen) atoms. The first-order chi connectivity index (χ1) is 13.4. The van der Waals surface area contributed by atoms with Gasteiger partial charge in [0.2, 0.25) is 5.91 Å². The minimum atomic E-state index is -0.273. The number of hydrogen-bond donors (Lipinski definition) is 2. The minimum Gasteiger partial charge on any atom is -0.326 e. The number of carbonyl (C=O) groups is 1. The van der Waals surface area contributed by atoms with Crippen LogP contribution in [0.2, 0.25) is 0 Å². The molecule has 0 aliphatic heterocycles. The van der Waals surface area contributed by atoms with E-state index >= 15 is 0 Å². The summed E-state index contributed by atoms with van der Waals surface area (Å²) in [7, 11) is 0. The summed E-state index contributed by atoms with van der Waals surface area (Å²) in [5, 5.41) is 3.38. The van der Waals surface area contributed by atoms with Crippen LogP contribution in [0.5, 0.6) is 0 Å². The zero-order valence-electron chi connectivity index (χ0n) is 15.6. The van der Waals surface area contributed by atoms with E-state index in [9.17, 15) is 9.59 Å². The van der Waals surface area contributed by atoms with Crippen molar-refractivity contribution in [3.8, 4) is 0 Å². The maximum Gasteiger partial charge on any atom is 0.255 e. The van der Waals surface area contributed by atoms with Crippen LogP contribution in [0.3, 0.4) is 0 Å². The highest BCUT2D eigenvalue weighted by Gasteiger charge is 2.13. The number of aromatic nitrogens is 2. The van der Waals surface area contributed by atoms with Crippen LogP contribution in [0.1, 0.15) is 22.4 Å². The molecule has 144 valence electrons. The molecule has 7 heteroatoms. The predicted octanol–water partition coefficient (Wildman–Crippen LogP) is 4.62. The molecule has 1 amide bonds. The summed E-state index contributed by atoms with van der Waals surface area (Å²) in [4.78, 5) is 32.1. The lowest BCUT2D eigenvalue weighted by Gasteiger charge is -2.09. The SMILES string of the molecule is Cc1cc(NC(=O)Cc2c(C)nc(SCc3ccccc3)[nH]c2=O)ccc1Br. The lowest BCUT2D eigenvalue weighted by Crippen LogP contribution is -2.23. The van der Waals surface area contributed by atoms with Gasteiger partial charge in [-0.25, -0.2) is 4.98 Å². The Hall–Kier alpha value is -2.38. The lowest BCUT2D eigenvalue weighted by atomic mass is 10.1. The lowest BCUT2D eigenvalue weighted by molar-refractivity contribution is -0.115. The number of nitrogens with zero attached hydrogens (tertiary/aromatic N) is 1. The maximum atomic E-state index is 12.5. The first-order valence-electron chi connectivity index (χ1n) is 8.75. The monoisotopic (exact) mass is 457 g/mol. The van der Waals surface area contributed by atoms with Gasteiger partial charge >= 0.3 is 0 Å². The number of anilines is 1. The third kappa shape index (κ3) is 5.33. The van der Waals surface area contributed by atoms with Crippen molar-refractivity contribution in [1.82, 2.24) is 9.97 Å². The number of amides is 1. The van der Waals surface area contributed by atoms with E-state index in [0.29, 0.717) is 27.9 Å². The molecule has 0 aliphatic rings.